The number of hydrogen-bond acceptors (Lipinski definition) is 5. The molecule has 1 aliphatic carbocycles. The third-order valence-electron chi connectivity index (χ3n) is 5.01. The quantitative estimate of drug-likeness (QED) is 0.844. The Kier molecular flexibility index (Phi) is 3.92. The summed E-state index contributed by atoms with van der Waals surface area (Å²) in [5.41, 5.74) is 1.19. The molecule has 3 amide bonds. The van der Waals surface area contributed by atoms with Gasteiger partial charge in [0.15, 0.2) is 0 Å². The van der Waals surface area contributed by atoms with Gasteiger partial charge in [0, 0.05) is 16.3 Å². The van der Waals surface area contributed by atoms with Crippen molar-refractivity contribution in [1.29, 1.82) is 0 Å². The standard InChI is InChI=1S/C17H19N3O2S2/c1-11-2-5-17(6-3-11)15(21)20(16(22)19-17)8-13-10-24-14(18-13)12-4-7-23-9-12/h4,7,9-11H,2-3,5-6,8H2,1H3,(H,19,22). The van der Waals surface area contributed by atoms with Crippen LogP contribution in [0.2, 0.25) is 0 Å². The molecule has 2 aromatic heterocycles. The normalized spacial score (nSPS) is 27.0. The van der Waals surface area contributed by atoms with E-state index in [1.54, 1.807) is 22.7 Å². The van der Waals surface area contributed by atoms with Crippen LogP contribution < -0.4 is 5.32 Å². The number of thiazole rings is 1. The second-order valence-corrected chi connectivity index (χ2v) is 8.38. The highest BCUT2D eigenvalue weighted by Crippen LogP contribution is 2.37. The zero-order valence-corrected chi connectivity index (χ0v) is 15.1. The van der Waals surface area contributed by atoms with E-state index >= 15 is 0 Å². The zero-order valence-electron chi connectivity index (χ0n) is 13.4. The van der Waals surface area contributed by atoms with Crippen LogP contribution >= 0.6 is 22.7 Å². The van der Waals surface area contributed by atoms with Crippen molar-refractivity contribution in [2.24, 2.45) is 5.92 Å². The summed E-state index contributed by atoms with van der Waals surface area (Å²) in [6, 6.07) is 1.75. The van der Waals surface area contributed by atoms with Gasteiger partial charge in [-0.05, 0) is 43.0 Å². The van der Waals surface area contributed by atoms with Gasteiger partial charge in [0.2, 0.25) is 0 Å². The average molecular weight is 361 g/mol. The second kappa shape index (κ2) is 5.97. The number of rotatable bonds is 3. The first kappa shape index (κ1) is 15.8. The Morgan fingerprint density at radius 2 is 2.12 bits per heavy atom. The first-order chi connectivity index (χ1) is 11.6. The second-order valence-electron chi connectivity index (χ2n) is 6.74. The monoisotopic (exact) mass is 361 g/mol. The van der Waals surface area contributed by atoms with E-state index in [-0.39, 0.29) is 18.5 Å². The fourth-order valence-electron chi connectivity index (χ4n) is 3.47. The summed E-state index contributed by atoms with van der Waals surface area (Å²) in [6.07, 6.45) is 3.46. The Morgan fingerprint density at radius 1 is 1.33 bits per heavy atom. The molecule has 0 unspecified atom stereocenters. The van der Waals surface area contributed by atoms with E-state index in [2.05, 4.69) is 22.6 Å². The molecule has 2 aliphatic rings. The number of aromatic nitrogens is 1. The van der Waals surface area contributed by atoms with E-state index in [4.69, 9.17) is 0 Å². The van der Waals surface area contributed by atoms with Crippen LogP contribution in [0.1, 0.15) is 38.3 Å². The Hall–Kier alpha value is -1.73. The molecule has 4 rings (SSSR count). The van der Waals surface area contributed by atoms with Gasteiger partial charge < -0.3 is 5.32 Å². The minimum absolute atomic E-state index is 0.0792. The number of amides is 3. The summed E-state index contributed by atoms with van der Waals surface area (Å²) < 4.78 is 0. The molecule has 1 aliphatic heterocycles. The molecule has 0 radical (unpaired) electrons. The molecular weight excluding hydrogens is 342 g/mol. The maximum absolute atomic E-state index is 12.9. The maximum atomic E-state index is 12.9. The largest absolute Gasteiger partial charge is 0.325 e. The van der Waals surface area contributed by atoms with Crippen molar-refractivity contribution in [2.45, 2.75) is 44.7 Å². The van der Waals surface area contributed by atoms with Crippen molar-refractivity contribution in [3.63, 3.8) is 0 Å². The molecule has 1 saturated carbocycles. The van der Waals surface area contributed by atoms with Gasteiger partial charge in [-0.15, -0.1) is 11.3 Å². The SMILES string of the molecule is CC1CCC2(CC1)NC(=O)N(Cc1csc(-c3ccsc3)n1)C2=O. The van der Waals surface area contributed by atoms with E-state index in [1.807, 2.05) is 16.8 Å². The van der Waals surface area contributed by atoms with E-state index in [0.29, 0.717) is 5.92 Å². The number of hydrogen-bond donors (Lipinski definition) is 1. The third kappa shape index (κ3) is 2.65. The molecule has 7 heteroatoms. The van der Waals surface area contributed by atoms with Gasteiger partial charge in [-0.1, -0.05) is 6.92 Å². The van der Waals surface area contributed by atoms with Crippen LogP contribution in [0.3, 0.4) is 0 Å². The maximum Gasteiger partial charge on any atom is 0.325 e. The van der Waals surface area contributed by atoms with Crippen LogP contribution in [0.5, 0.6) is 0 Å². The van der Waals surface area contributed by atoms with Gasteiger partial charge in [0.25, 0.3) is 5.91 Å². The lowest BCUT2D eigenvalue weighted by atomic mass is 9.77. The summed E-state index contributed by atoms with van der Waals surface area (Å²) in [5, 5.41) is 9.89. The van der Waals surface area contributed by atoms with Crippen LogP contribution in [0, 0.1) is 5.92 Å². The molecule has 1 saturated heterocycles. The van der Waals surface area contributed by atoms with Gasteiger partial charge in [0.1, 0.15) is 10.5 Å². The van der Waals surface area contributed by atoms with Crippen LogP contribution in [-0.4, -0.2) is 27.4 Å². The van der Waals surface area contributed by atoms with Crippen molar-refractivity contribution < 1.29 is 9.59 Å². The van der Waals surface area contributed by atoms with Crippen LogP contribution in [-0.2, 0) is 11.3 Å². The third-order valence-corrected chi connectivity index (χ3v) is 6.64. The number of thiophene rings is 1. The predicted octanol–water partition coefficient (Wildman–Crippen LogP) is 3.87. The van der Waals surface area contributed by atoms with Crippen LogP contribution in [0.25, 0.3) is 10.6 Å². The van der Waals surface area contributed by atoms with Gasteiger partial charge >= 0.3 is 6.03 Å². The molecule has 5 nitrogen and oxygen atoms in total. The van der Waals surface area contributed by atoms with Gasteiger partial charge in [-0.2, -0.15) is 11.3 Å². The zero-order chi connectivity index (χ0) is 16.7. The van der Waals surface area contributed by atoms with Crippen LogP contribution in [0.4, 0.5) is 4.79 Å². The topological polar surface area (TPSA) is 62.3 Å². The molecule has 126 valence electrons. The average Bonchev–Trinajstić information content (AvgIpc) is 3.28. The Morgan fingerprint density at radius 3 is 2.83 bits per heavy atom. The smallest absolute Gasteiger partial charge is 0.323 e. The molecular formula is C17H19N3O2S2. The van der Waals surface area contributed by atoms with E-state index in [9.17, 15) is 9.59 Å². The lowest BCUT2D eigenvalue weighted by Gasteiger charge is -2.33. The highest BCUT2D eigenvalue weighted by Gasteiger charge is 2.52. The fourth-order valence-corrected chi connectivity index (χ4v) is 5.00. The number of carbonyl (C=O) groups excluding carboxylic acids is 2. The summed E-state index contributed by atoms with van der Waals surface area (Å²) in [6.45, 7) is 2.45. The summed E-state index contributed by atoms with van der Waals surface area (Å²) >= 11 is 3.18. The summed E-state index contributed by atoms with van der Waals surface area (Å²) in [7, 11) is 0. The van der Waals surface area contributed by atoms with Crippen molar-refractivity contribution in [2.75, 3.05) is 0 Å². The van der Waals surface area contributed by atoms with Gasteiger partial charge in [-0.25, -0.2) is 9.78 Å². The van der Waals surface area contributed by atoms with E-state index in [1.165, 1.54) is 4.90 Å². The van der Waals surface area contributed by atoms with Crippen molar-refractivity contribution in [1.82, 2.24) is 15.2 Å². The predicted molar refractivity (Wildman–Crippen MR) is 94.9 cm³/mol. The fraction of sp³-hybridized carbons (Fsp3) is 0.471. The van der Waals surface area contributed by atoms with Gasteiger partial charge in [-0.3, -0.25) is 9.69 Å². The molecule has 0 bridgehead atoms. The number of nitrogens with zero attached hydrogens (tertiary/aromatic N) is 2. The van der Waals surface area contributed by atoms with Gasteiger partial charge in [0.05, 0.1) is 12.2 Å². The minimum atomic E-state index is -0.671. The molecule has 2 aromatic rings. The highest BCUT2D eigenvalue weighted by atomic mass is 32.1. The highest BCUT2D eigenvalue weighted by molar-refractivity contribution is 7.14. The lowest BCUT2D eigenvalue weighted by Crippen LogP contribution is -2.49. The van der Waals surface area contributed by atoms with E-state index in [0.717, 1.165) is 41.9 Å². The first-order valence-electron chi connectivity index (χ1n) is 8.18. The summed E-state index contributed by atoms with van der Waals surface area (Å²) in [4.78, 5) is 31.1. The number of nitrogens with one attached hydrogen (secondary N) is 1. The van der Waals surface area contributed by atoms with E-state index < -0.39 is 5.54 Å². The van der Waals surface area contributed by atoms with Crippen molar-refractivity contribution in [3.05, 3.63) is 27.9 Å². The minimum Gasteiger partial charge on any atom is -0.323 e. The van der Waals surface area contributed by atoms with Crippen LogP contribution in [0.15, 0.2) is 22.2 Å². The first-order valence-corrected chi connectivity index (χ1v) is 10.0. The molecule has 1 spiro atoms. The number of carbonyl (C=O) groups is 2. The number of imide groups is 1. The molecule has 1 N–H and O–H groups in total. The Balaban J connectivity index is 1.51. The Labute approximate surface area is 148 Å². The Bertz CT molecular complexity index is 761. The molecule has 2 fully saturated rings. The molecule has 3 heterocycles. The molecule has 0 atom stereocenters. The molecule has 24 heavy (non-hydrogen) atoms. The molecule has 0 aromatic carbocycles. The lowest BCUT2D eigenvalue weighted by molar-refractivity contribution is -0.133. The summed E-state index contributed by atoms with van der Waals surface area (Å²) in [5.74, 6) is 0.547. The number of urea groups is 1. The van der Waals surface area contributed by atoms with Crippen molar-refractivity contribution >= 4 is 34.6 Å². The van der Waals surface area contributed by atoms with Crippen molar-refractivity contribution in [3.8, 4) is 10.6 Å².